The molecule has 0 aliphatic heterocycles. The molecule has 128 valence electrons. The molecule has 0 amide bonds. The number of hydrogen-bond acceptors (Lipinski definition) is 3. The van der Waals surface area contributed by atoms with E-state index in [9.17, 15) is 4.57 Å². The van der Waals surface area contributed by atoms with Crippen LogP contribution in [0, 0.1) is 0 Å². The van der Waals surface area contributed by atoms with Crippen molar-refractivity contribution >= 4 is 29.5 Å². The number of hydrogen-bond donors (Lipinski definition) is 1. The third-order valence-corrected chi connectivity index (χ3v) is 7.88. The van der Waals surface area contributed by atoms with Crippen LogP contribution >= 0.6 is 18.9 Å². The smallest absolute Gasteiger partial charge is 0.156 e. The van der Waals surface area contributed by atoms with Gasteiger partial charge in [-0.3, -0.25) is 0 Å². The fourth-order valence-corrected chi connectivity index (χ4v) is 6.01. The molecule has 0 aliphatic rings. The first-order chi connectivity index (χ1) is 12.3. The summed E-state index contributed by atoms with van der Waals surface area (Å²) in [5.41, 5.74) is 1.31. The lowest BCUT2D eigenvalue weighted by Crippen LogP contribution is -2.26. The molecule has 0 heterocycles. The van der Waals surface area contributed by atoms with Crippen molar-refractivity contribution in [2.24, 2.45) is 0 Å². The predicted octanol–water partition coefficient (Wildman–Crippen LogP) is 4.44. The van der Waals surface area contributed by atoms with Gasteiger partial charge in [-0.25, -0.2) is 0 Å². The fraction of sp³-hybridized carbons (Fsp3) is 0.143. The Kier molecular flexibility index (Phi) is 6.52. The molecule has 0 saturated carbocycles. The van der Waals surface area contributed by atoms with Crippen molar-refractivity contribution in [1.29, 1.82) is 0 Å². The van der Waals surface area contributed by atoms with Crippen LogP contribution in [0.15, 0.2) is 91.0 Å². The molecule has 0 radical (unpaired) electrons. The third kappa shape index (κ3) is 4.85. The molecule has 4 heteroatoms. The number of nitrogens with one attached hydrogen (secondary N) is 1. The highest BCUT2D eigenvalue weighted by molar-refractivity contribution is 7.98. The van der Waals surface area contributed by atoms with Crippen molar-refractivity contribution in [3.05, 3.63) is 96.6 Å². The minimum atomic E-state index is -2.66. The second kappa shape index (κ2) is 9.05. The summed E-state index contributed by atoms with van der Waals surface area (Å²) in [4.78, 5) is 0. The highest BCUT2D eigenvalue weighted by atomic mass is 32.2. The van der Waals surface area contributed by atoms with Crippen LogP contribution in [0.1, 0.15) is 5.56 Å². The molecule has 3 aromatic rings. The lowest BCUT2D eigenvalue weighted by Gasteiger charge is -2.20. The van der Waals surface area contributed by atoms with Gasteiger partial charge in [-0.15, -0.1) is 11.8 Å². The van der Waals surface area contributed by atoms with E-state index in [1.54, 1.807) is 11.8 Å². The lowest BCUT2D eigenvalue weighted by molar-refractivity contribution is 0.584. The van der Waals surface area contributed by atoms with Gasteiger partial charge in [-0.1, -0.05) is 91.0 Å². The summed E-state index contributed by atoms with van der Waals surface area (Å²) in [5, 5.41) is 5.20. The first-order valence-corrected chi connectivity index (χ1v) is 11.4. The van der Waals surface area contributed by atoms with Crippen LogP contribution in [0.4, 0.5) is 0 Å². The second-order valence-corrected chi connectivity index (χ2v) is 9.61. The van der Waals surface area contributed by atoms with Crippen molar-refractivity contribution in [3.8, 4) is 0 Å². The maximum absolute atomic E-state index is 13.8. The molecule has 0 aliphatic carbocycles. The Morgan fingerprint density at radius 3 is 1.72 bits per heavy atom. The quantitative estimate of drug-likeness (QED) is 0.363. The zero-order valence-electron chi connectivity index (χ0n) is 14.0. The zero-order valence-corrected chi connectivity index (χ0v) is 15.8. The zero-order chi connectivity index (χ0) is 17.4. The molecule has 1 N–H and O–H groups in total. The number of rotatable bonds is 8. The van der Waals surface area contributed by atoms with Gasteiger partial charge in [0.25, 0.3) is 0 Å². The van der Waals surface area contributed by atoms with Gasteiger partial charge in [0.2, 0.25) is 0 Å². The first kappa shape index (κ1) is 18.0. The minimum Gasteiger partial charge on any atom is -0.312 e. The van der Waals surface area contributed by atoms with Gasteiger partial charge in [0.05, 0.1) is 6.29 Å². The van der Waals surface area contributed by atoms with Gasteiger partial charge < -0.3 is 9.88 Å². The van der Waals surface area contributed by atoms with Gasteiger partial charge in [0.15, 0.2) is 7.14 Å². The Labute approximate surface area is 154 Å². The third-order valence-electron chi connectivity index (χ3n) is 4.00. The molecule has 0 bridgehead atoms. The van der Waals surface area contributed by atoms with Crippen molar-refractivity contribution < 1.29 is 4.57 Å². The maximum Gasteiger partial charge on any atom is 0.156 e. The molecule has 3 rings (SSSR count). The molecule has 2 nitrogen and oxygen atoms in total. The van der Waals surface area contributed by atoms with Crippen molar-refractivity contribution in [3.63, 3.8) is 0 Å². The van der Waals surface area contributed by atoms with Crippen LogP contribution in [-0.4, -0.2) is 12.2 Å². The van der Waals surface area contributed by atoms with Gasteiger partial charge >= 0.3 is 0 Å². The molecule has 3 aromatic carbocycles. The SMILES string of the molecule is O=P(CNCSCc1ccccc1)(c1ccccc1)c1ccccc1. The van der Waals surface area contributed by atoms with Crippen LogP contribution in [0.25, 0.3) is 0 Å². The van der Waals surface area contributed by atoms with Crippen molar-refractivity contribution in [1.82, 2.24) is 5.32 Å². The minimum absolute atomic E-state index is 0.475. The maximum atomic E-state index is 13.8. The van der Waals surface area contributed by atoms with Crippen LogP contribution in [0.3, 0.4) is 0 Å². The van der Waals surface area contributed by atoms with Crippen LogP contribution in [0.5, 0.6) is 0 Å². The van der Waals surface area contributed by atoms with Crippen LogP contribution < -0.4 is 15.9 Å². The Hall–Kier alpha value is -1.80. The summed E-state index contributed by atoms with van der Waals surface area (Å²) < 4.78 is 13.8. The van der Waals surface area contributed by atoms with E-state index in [-0.39, 0.29) is 0 Å². The average Bonchev–Trinajstić information content (AvgIpc) is 2.70. The number of thioether (sulfide) groups is 1. The first-order valence-electron chi connectivity index (χ1n) is 8.32. The van der Waals surface area contributed by atoms with Gasteiger partial charge in [0.1, 0.15) is 0 Å². The Bertz CT molecular complexity index is 766. The second-order valence-electron chi connectivity index (χ2n) is 5.80. The Morgan fingerprint density at radius 1 is 0.720 bits per heavy atom. The normalized spacial score (nSPS) is 11.4. The molecule has 0 spiro atoms. The van der Waals surface area contributed by atoms with E-state index < -0.39 is 7.14 Å². The van der Waals surface area contributed by atoms with Crippen LogP contribution in [-0.2, 0) is 10.3 Å². The van der Waals surface area contributed by atoms with E-state index in [1.807, 2.05) is 66.7 Å². The van der Waals surface area contributed by atoms with Crippen molar-refractivity contribution in [2.75, 3.05) is 12.2 Å². The summed E-state index contributed by atoms with van der Waals surface area (Å²) in [7, 11) is -2.66. The molecular weight excluding hydrogens is 345 g/mol. The van der Waals surface area contributed by atoms with Crippen LogP contribution in [0.2, 0.25) is 0 Å². The summed E-state index contributed by atoms with van der Waals surface area (Å²) in [6.45, 7) is 0. The fourth-order valence-electron chi connectivity index (χ4n) is 2.69. The Balaban J connectivity index is 1.64. The summed E-state index contributed by atoms with van der Waals surface area (Å²) in [6.07, 6.45) is 0.475. The van der Waals surface area contributed by atoms with E-state index in [1.165, 1.54) is 5.56 Å². The van der Waals surface area contributed by atoms with E-state index in [2.05, 4.69) is 29.6 Å². The largest absolute Gasteiger partial charge is 0.312 e. The van der Waals surface area contributed by atoms with E-state index >= 15 is 0 Å². The molecule has 0 atom stereocenters. The van der Waals surface area contributed by atoms with E-state index in [0.717, 1.165) is 22.2 Å². The molecule has 25 heavy (non-hydrogen) atoms. The lowest BCUT2D eigenvalue weighted by atomic mass is 10.2. The molecular formula is C21H22NOPS. The Morgan fingerprint density at radius 2 is 1.20 bits per heavy atom. The topological polar surface area (TPSA) is 29.1 Å². The summed E-state index contributed by atoms with van der Waals surface area (Å²) in [5.74, 6) is 1.73. The van der Waals surface area contributed by atoms with Crippen molar-refractivity contribution in [2.45, 2.75) is 5.75 Å². The predicted molar refractivity (Wildman–Crippen MR) is 110 cm³/mol. The standard InChI is InChI=1S/C21H22NOPS/c23-24(20-12-6-2-7-13-20,21-14-8-3-9-15-21)17-22-18-25-16-19-10-4-1-5-11-19/h1-15,22H,16-18H2. The summed E-state index contributed by atoms with van der Waals surface area (Å²) >= 11 is 1.81. The summed E-state index contributed by atoms with van der Waals surface area (Å²) in [6, 6.07) is 30.0. The molecule has 0 saturated heterocycles. The molecule has 0 aromatic heterocycles. The number of benzene rings is 3. The molecule has 0 fully saturated rings. The monoisotopic (exact) mass is 367 g/mol. The van der Waals surface area contributed by atoms with Gasteiger partial charge in [0, 0.05) is 22.2 Å². The molecule has 0 unspecified atom stereocenters. The van der Waals surface area contributed by atoms with E-state index in [4.69, 9.17) is 0 Å². The average molecular weight is 367 g/mol. The highest BCUT2D eigenvalue weighted by Gasteiger charge is 2.26. The van der Waals surface area contributed by atoms with Gasteiger partial charge in [-0.2, -0.15) is 0 Å². The highest BCUT2D eigenvalue weighted by Crippen LogP contribution is 2.41. The van der Waals surface area contributed by atoms with E-state index in [0.29, 0.717) is 6.29 Å². The van der Waals surface area contributed by atoms with Gasteiger partial charge in [-0.05, 0) is 5.56 Å².